The van der Waals surface area contributed by atoms with Crippen molar-refractivity contribution in [3.8, 4) is 5.75 Å². The van der Waals surface area contributed by atoms with Crippen LogP contribution in [0.3, 0.4) is 0 Å². The Morgan fingerprint density at radius 2 is 1.57 bits per heavy atom. The van der Waals surface area contributed by atoms with Gasteiger partial charge in [0.25, 0.3) is 0 Å². The number of fused-ring (bicyclic) bond motifs is 5. The maximum atomic E-state index is 13.9. The highest BCUT2D eigenvalue weighted by molar-refractivity contribution is 6.24. The number of nitrogens with zero attached hydrogens (tertiary/aromatic N) is 3. The summed E-state index contributed by atoms with van der Waals surface area (Å²) in [5, 5.41) is 6.27. The highest BCUT2D eigenvalue weighted by Gasteiger charge is 2.65. The Balaban J connectivity index is 1.47. The second-order valence-electron chi connectivity index (χ2n) is 9.13. The average molecular weight is 466 g/mol. The number of hydrogen-bond acceptors (Lipinski definition) is 6. The second-order valence-corrected chi connectivity index (χ2v) is 9.13. The Morgan fingerprint density at radius 1 is 0.886 bits per heavy atom. The lowest BCUT2D eigenvalue weighted by molar-refractivity contribution is -0.124. The highest BCUT2D eigenvalue weighted by atomic mass is 16.5. The predicted octanol–water partition coefficient (Wildman–Crippen LogP) is 3.77. The monoisotopic (exact) mass is 465 g/mol. The Morgan fingerprint density at radius 3 is 2.29 bits per heavy atom. The van der Waals surface area contributed by atoms with Crippen molar-refractivity contribution in [3.05, 3.63) is 95.1 Å². The van der Waals surface area contributed by atoms with E-state index in [0.717, 1.165) is 16.7 Å². The van der Waals surface area contributed by atoms with Gasteiger partial charge in [0.05, 0.1) is 36.9 Å². The largest absolute Gasteiger partial charge is 0.497 e. The number of anilines is 1. The number of ether oxygens (including phenoxy) is 1. The predicted molar refractivity (Wildman–Crippen MR) is 130 cm³/mol. The van der Waals surface area contributed by atoms with E-state index in [2.05, 4.69) is 5.10 Å². The van der Waals surface area contributed by atoms with Crippen LogP contribution in [-0.2, 0) is 9.59 Å². The first-order chi connectivity index (χ1) is 17.0. The van der Waals surface area contributed by atoms with Crippen LogP contribution < -0.4 is 9.64 Å². The van der Waals surface area contributed by atoms with E-state index in [9.17, 15) is 14.4 Å². The fourth-order valence-corrected chi connectivity index (χ4v) is 5.54. The van der Waals surface area contributed by atoms with E-state index in [-0.39, 0.29) is 17.6 Å². The lowest BCUT2D eigenvalue weighted by Gasteiger charge is -2.33. The van der Waals surface area contributed by atoms with Crippen LogP contribution in [0.5, 0.6) is 5.75 Å². The molecular weight excluding hydrogens is 442 g/mol. The standard InChI is InChI=1S/C28H23N3O4/c1-16-7-11-19(12-8-16)30-27(33)22-23(28(30)34)25(26(32)17-9-13-20(35-2)14-10-17)31-24(22)21-6-4-3-5-18(21)15-29-31/h3-15,22-25H,1-2H3/t22-,23+,24-,25-/m0/s1. The Hall–Kier alpha value is -4.26. The topological polar surface area (TPSA) is 79.3 Å². The summed E-state index contributed by atoms with van der Waals surface area (Å²) in [6, 6.07) is 20.4. The van der Waals surface area contributed by atoms with Crippen LogP contribution >= 0.6 is 0 Å². The van der Waals surface area contributed by atoms with Crippen LogP contribution in [-0.4, -0.2) is 42.0 Å². The van der Waals surface area contributed by atoms with Gasteiger partial charge in [0.2, 0.25) is 11.8 Å². The zero-order valence-corrected chi connectivity index (χ0v) is 19.3. The Kier molecular flexibility index (Phi) is 4.81. The maximum Gasteiger partial charge on any atom is 0.240 e. The van der Waals surface area contributed by atoms with Crippen molar-refractivity contribution in [2.24, 2.45) is 16.9 Å². The molecule has 7 heteroatoms. The fourth-order valence-electron chi connectivity index (χ4n) is 5.54. The summed E-state index contributed by atoms with van der Waals surface area (Å²) in [7, 11) is 1.56. The van der Waals surface area contributed by atoms with Crippen molar-refractivity contribution in [1.82, 2.24) is 5.01 Å². The van der Waals surface area contributed by atoms with Gasteiger partial charge >= 0.3 is 0 Å². The van der Waals surface area contributed by atoms with Gasteiger partial charge in [0, 0.05) is 5.56 Å². The first kappa shape index (κ1) is 21.3. The van der Waals surface area contributed by atoms with Crippen LogP contribution in [0.2, 0.25) is 0 Å². The van der Waals surface area contributed by atoms with Gasteiger partial charge in [-0.05, 0) is 54.4 Å². The van der Waals surface area contributed by atoms with Gasteiger partial charge in [-0.15, -0.1) is 0 Å². The number of ketones is 1. The third kappa shape index (κ3) is 3.11. The molecule has 2 amide bonds. The lowest BCUT2D eigenvalue weighted by Crippen LogP contribution is -2.44. The summed E-state index contributed by atoms with van der Waals surface area (Å²) in [5.74, 6) is -1.82. The molecule has 0 saturated carbocycles. The lowest BCUT2D eigenvalue weighted by atomic mass is 9.83. The Labute approximate surface area is 202 Å². The molecule has 0 radical (unpaired) electrons. The third-order valence-corrected chi connectivity index (χ3v) is 7.23. The van der Waals surface area contributed by atoms with E-state index in [4.69, 9.17) is 4.74 Å². The molecule has 6 rings (SSSR count). The molecule has 2 fully saturated rings. The summed E-state index contributed by atoms with van der Waals surface area (Å²) in [4.78, 5) is 42.8. The molecule has 3 aliphatic heterocycles. The van der Waals surface area contributed by atoms with E-state index in [1.54, 1.807) is 54.7 Å². The van der Waals surface area contributed by atoms with E-state index >= 15 is 0 Å². The number of methoxy groups -OCH3 is 1. The van der Waals surface area contributed by atoms with Gasteiger partial charge in [-0.3, -0.25) is 19.4 Å². The third-order valence-electron chi connectivity index (χ3n) is 7.23. The van der Waals surface area contributed by atoms with Gasteiger partial charge in [-0.2, -0.15) is 5.10 Å². The van der Waals surface area contributed by atoms with Crippen molar-refractivity contribution in [2.45, 2.75) is 19.0 Å². The van der Waals surface area contributed by atoms with Crippen LogP contribution in [0.4, 0.5) is 5.69 Å². The summed E-state index contributed by atoms with van der Waals surface area (Å²) in [5.41, 5.74) is 3.78. The minimum atomic E-state index is -0.894. The minimum Gasteiger partial charge on any atom is -0.497 e. The van der Waals surface area contributed by atoms with Gasteiger partial charge in [-0.1, -0.05) is 42.0 Å². The molecular formula is C28H23N3O4. The number of benzene rings is 3. The van der Waals surface area contributed by atoms with Gasteiger partial charge < -0.3 is 4.74 Å². The van der Waals surface area contributed by atoms with Crippen molar-refractivity contribution in [2.75, 3.05) is 12.0 Å². The summed E-state index contributed by atoms with van der Waals surface area (Å²) in [6.45, 7) is 1.95. The van der Waals surface area contributed by atoms with E-state index in [1.807, 2.05) is 43.3 Å². The molecule has 0 aromatic heterocycles. The average Bonchev–Trinajstić information content (AvgIpc) is 3.37. The number of rotatable bonds is 4. The van der Waals surface area contributed by atoms with Crippen molar-refractivity contribution >= 4 is 29.5 Å². The molecule has 3 aromatic rings. The number of hydrogen-bond donors (Lipinski definition) is 0. The summed E-state index contributed by atoms with van der Waals surface area (Å²) in [6.07, 6.45) is 1.70. The SMILES string of the molecule is COc1ccc(C(=O)[C@@H]2[C@@H]3C(=O)N(c4ccc(C)cc4)C(=O)[C@@H]3[C@@H]3c4ccccc4C=NN23)cc1. The van der Waals surface area contributed by atoms with Crippen LogP contribution in [0, 0.1) is 18.8 Å². The molecule has 2 saturated heterocycles. The molecule has 0 spiro atoms. The van der Waals surface area contributed by atoms with E-state index in [1.165, 1.54) is 4.90 Å². The van der Waals surface area contributed by atoms with E-state index in [0.29, 0.717) is 17.0 Å². The summed E-state index contributed by atoms with van der Waals surface area (Å²) < 4.78 is 5.22. The molecule has 0 N–H and O–H groups in total. The normalized spacial score (nSPS) is 24.3. The number of amides is 2. The Bertz CT molecular complexity index is 1380. The van der Waals surface area contributed by atoms with Crippen molar-refractivity contribution in [1.29, 1.82) is 0 Å². The molecule has 3 aromatic carbocycles. The van der Waals surface area contributed by atoms with E-state index < -0.39 is 23.9 Å². The molecule has 3 heterocycles. The number of carbonyl (C=O) groups is 3. The minimum absolute atomic E-state index is 0.242. The smallest absolute Gasteiger partial charge is 0.240 e. The molecule has 7 nitrogen and oxygen atoms in total. The number of aryl methyl sites for hydroxylation is 1. The quantitative estimate of drug-likeness (QED) is 0.433. The summed E-state index contributed by atoms with van der Waals surface area (Å²) >= 11 is 0. The fraction of sp³-hybridized carbons (Fsp3) is 0.214. The molecule has 4 atom stereocenters. The first-order valence-corrected chi connectivity index (χ1v) is 11.5. The molecule has 174 valence electrons. The zero-order valence-electron chi connectivity index (χ0n) is 19.3. The molecule has 0 unspecified atom stereocenters. The zero-order chi connectivity index (χ0) is 24.3. The van der Waals surface area contributed by atoms with Gasteiger partial charge in [-0.25, -0.2) is 4.90 Å². The van der Waals surface area contributed by atoms with Crippen LogP contribution in [0.15, 0.2) is 77.9 Å². The van der Waals surface area contributed by atoms with Gasteiger partial charge in [0.1, 0.15) is 11.8 Å². The van der Waals surface area contributed by atoms with Crippen molar-refractivity contribution in [3.63, 3.8) is 0 Å². The first-order valence-electron chi connectivity index (χ1n) is 11.5. The van der Waals surface area contributed by atoms with Crippen molar-refractivity contribution < 1.29 is 19.1 Å². The second kappa shape index (κ2) is 7.91. The van der Waals surface area contributed by atoms with Gasteiger partial charge in [0.15, 0.2) is 5.78 Å². The highest BCUT2D eigenvalue weighted by Crippen LogP contribution is 2.53. The molecule has 3 aliphatic rings. The number of Topliss-reactive ketones (excluding diaryl/α,β-unsaturated/α-hetero) is 1. The maximum absolute atomic E-state index is 13.9. The molecule has 0 aliphatic carbocycles. The molecule has 0 bridgehead atoms. The molecule has 35 heavy (non-hydrogen) atoms. The number of carbonyl (C=O) groups excluding carboxylic acids is 3. The number of hydrazone groups is 1. The van der Waals surface area contributed by atoms with Crippen LogP contribution in [0.1, 0.15) is 33.1 Å². The number of imide groups is 1. The van der Waals surface area contributed by atoms with Crippen LogP contribution in [0.25, 0.3) is 0 Å².